The van der Waals surface area contributed by atoms with Crippen LogP contribution in [-0.4, -0.2) is 31.1 Å². The van der Waals surface area contributed by atoms with Crippen LogP contribution in [0.5, 0.6) is 0 Å². The Hall–Kier alpha value is -0.600. The zero-order valence-corrected chi connectivity index (χ0v) is 8.59. The number of hydrogen-bond donors (Lipinski definition) is 0. The molecule has 0 aliphatic heterocycles. The fourth-order valence-corrected chi connectivity index (χ4v) is 1.83. The highest BCUT2D eigenvalue weighted by Crippen LogP contribution is 2.08. The van der Waals surface area contributed by atoms with Gasteiger partial charge in [0.1, 0.15) is 0 Å². The largest absolute Gasteiger partial charge is 0.230 e. The highest BCUT2D eigenvalue weighted by atomic mass is 32.2. The predicted octanol–water partition coefficient (Wildman–Crippen LogP) is 0.568. The van der Waals surface area contributed by atoms with Crippen molar-refractivity contribution < 1.29 is 8.42 Å². The van der Waals surface area contributed by atoms with Crippen LogP contribution >= 0.6 is 0 Å². The van der Waals surface area contributed by atoms with Crippen molar-refractivity contribution in [1.82, 2.24) is 4.31 Å². The van der Waals surface area contributed by atoms with Crippen molar-refractivity contribution in [3.05, 3.63) is 0 Å². The van der Waals surface area contributed by atoms with Crippen LogP contribution < -0.4 is 0 Å². The molecule has 70 valence electrons. The van der Waals surface area contributed by atoms with Crippen molar-refractivity contribution in [2.24, 2.45) is 0 Å². The summed E-state index contributed by atoms with van der Waals surface area (Å²) in [6.45, 7) is 4.91. The number of nitriles is 1. The number of hydrogen-bond acceptors (Lipinski definition) is 3. The first-order chi connectivity index (χ1) is 5.34. The van der Waals surface area contributed by atoms with Gasteiger partial charge >= 0.3 is 0 Å². The van der Waals surface area contributed by atoms with Gasteiger partial charge in [-0.05, 0) is 20.8 Å². The third-order valence-corrected chi connectivity index (χ3v) is 3.98. The first-order valence-electron chi connectivity index (χ1n) is 3.70. The van der Waals surface area contributed by atoms with Crippen LogP contribution in [-0.2, 0) is 10.0 Å². The van der Waals surface area contributed by atoms with E-state index < -0.39 is 15.3 Å². The molecule has 0 saturated carbocycles. The zero-order valence-electron chi connectivity index (χ0n) is 7.77. The minimum atomic E-state index is -3.42. The predicted molar refractivity (Wildman–Crippen MR) is 46.9 cm³/mol. The molecule has 0 rings (SSSR count). The Morgan fingerprint density at radius 1 is 1.33 bits per heavy atom. The Morgan fingerprint density at radius 3 is 2.00 bits per heavy atom. The molecule has 0 aromatic rings. The molecule has 0 amide bonds. The molecule has 0 N–H and O–H groups in total. The van der Waals surface area contributed by atoms with Gasteiger partial charge in [-0.3, -0.25) is 0 Å². The summed E-state index contributed by atoms with van der Waals surface area (Å²) in [4.78, 5) is 0. The van der Waals surface area contributed by atoms with Crippen molar-refractivity contribution in [1.29, 1.82) is 5.26 Å². The molecule has 1 unspecified atom stereocenters. The fraction of sp³-hybridized carbons (Fsp3) is 0.857. The molecular weight excluding hydrogens is 176 g/mol. The van der Waals surface area contributed by atoms with Gasteiger partial charge in [0, 0.05) is 13.1 Å². The molecule has 1 atom stereocenters. The van der Waals surface area contributed by atoms with E-state index in [0.717, 1.165) is 0 Å². The van der Waals surface area contributed by atoms with E-state index in [1.807, 2.05) is 0 Å². The summed E-state index contributed by atoms with van der Waals surface area (Å²) < 4.78 is 24.0. The van der Waals surface area contributed by atoms with Gasteiger partial charge in [-0.25, -0.2) is 12.7 Å². The molecule has 0 aliphatic rings. The van der Waals surface area contributed by atoms with Gasteiger partial charge in [-0.1, -0.05) is 0 Å². The summed E-state index contributed by atoms with van der Waals surface area (Å²) in [5, 5.41) is 7.48. The molecule has 0 fully saturated rings. The first-order valence-corrected chi connectivity index (χ1v) is 5.20. The van der Waals surface area contributed by atoms with Crippen molar-refractivity contribution in [2.45, 2.75) is 32.1 Å². The van der Waals surface area contributed by atoms with Gasteiger partial charge < -0.3 is 0 Å². The van der Waals surface area contributed by atoms with Crippen LogP contribution in [0.1, 0.15) is 20.8 Å². The average molecular weight is 190 g/mol. The first kappa shape index (κ1) is 11.4. The topological polar surface area (TPSA) is 61.2 Å². The maximum atomic E-state index is 11.4. The summed E-state index contributed by atoms with van der Waals surface area (Å²) >= 11 is 0. The molecule has 0 aromatic heterocycles. The van der Waals surface area contributed by atoms with Gasteiger partial charge in [0.05, 0.1) is 6.07 Å². The molecule has 0 aromatic carbocycles. The maximum Gasteiger partial charge on any atom is 0.230 e. The van der Waals surface area contributed by atoms with Gasteiger partial charge in [-0.2, -0.15) is 5.26 Å². The smallest absolute Gasteiger partial charge is 0.211 e. The normalized spacial score (nSPS) is 14.8. The molecule has 12 heavy (non-hydrogen) atoms. The van der Waals surface area contributed by atoms with Crippen molar-refractivity contribution >= 4 is 10.0 Å². The molecule has 0 spiro atoms. The van der Waals surface area contributed by atoms with Gasteiger partial charge in [0.2, 0.25) is 10.0 Å². The Kier molecular flexibility index (Phi) is 3.68. The lowest BCUT2D eigenvalue weighted by Gasteiger charge is -2.21. The Labute approximate surface area is 73.8 Å². The quantitative estimate of drug-likeness (QED) is 0.653. The lowest BCUT2D eigenvalue weighted by Crippen LogP contribution is -2.38. The van der Waals surface area contributed by atoms with E-state index in [2.05, 4.69) is 0 Å². The van der Waals surface area contributed by atoms with E-state index in [-0.39, 0.29) is 6.04 Å². The second-order valence-corrected chi connectivity index (χ2v) is 5.24. The van der Waals surface area contributed by atoms with Crippen molar-refractivity contribution in [3.8, 4) is 6.07 Å². The van der Waals surface area contributed by atoms with Crippen LogP contribution in [0.3, 0.4) is 0 Å². The molecule has 0 heterocycles. The molecule has 4 nitrogen and oxygen atoms in total. The van der Waals surface area contributed by atoms with Gasteiger partial charge in [-0.15, -0.1) is 0 Å². The van der Waals surface area contributed by atoms with E-state index in [1.165, 1.54) is 18.3 Å². The van der Waals surface area contributed by atoms with Crippen LogP contribution in [0.4, 0.5) is 0 Å². The monoisotopic (exact) mass is 190 g/mol. The summed E-state index contributed by atoms with van der Waals surface area (Å²) in [5.74, 6) is 0. The van der Waals surface area contributed by atoms with Gasteiger partial charge in [0.25, 0.3) is 0 Å². The second-order valence-electron chi connectivity index (χ2n) is 2.93. The standard InChI is InChI=1S/C7H14N2O2S/c1-6(2)9(4)12(10,11)7(3)5-8/h6-7H,1-4H3. The average Bonchev–Trinajstić information content (AvgIpc) is 2.01. The molecule has 5 heteroatoms. The van der Waals surface area contributed by atoms with Crippen molar-refractivity contribution in [2.75, 3.05) is 7.05 Å². The SMILES string of the molecule is CC(C)N(C)S(=O)(=O)C(C)C#N. The fourth-order valence-electron chi connectivity index (χ4n) is 0.610. The lowest BCUT2D eigenvalue weighted by atomic mass is 10.4. The number of nitrogens with zero attached hydrogens (tertiary/aromatic N) is 2. The van der Waals surface area contributed by atoms with E-state index >= 15 is 0 Å². The molecule has 0 aliphatic carbocycles. The maximum absolute atomic E-state index is 11.4. The molecule has 0 saturated heterocycles. The third-order valence-electron chi connectivity index (χ3n) is 1.76. The van der Waals surface area contributed by atoms with Crippen LogP contribution in [0, 0.1) is 11.3 Å². The molecule has 0 radical (unpaired) electrons. The van der Waals surface area contributed by atoms with Crippen LogP contribution in [0.25, 0.3) is 0 Å². The second kappa shape index (κ2) is 3.87. The third kappa shape index (κ3) is 2.19. The summed E-state index contributed by atoms with van der Waals surface area (Å²) in [7, 11) is -1.94. The van der Waals surface area contributed by atoms with Crippen LogP contribution in [0.2, 0.25) is 0 Å². The highest BCUT2D eigenvalue weighted by molar-refractivity contribution is 7.89. The lowest BCUT2D eigenvalue weighted by molar-refractivity contribution is 0.408. The number of sulfonamides is 1. The minimum Gasteiger partial charge on any atom is -0.211 e. The highest BCUT2D eigenvalue weighted by Gasteiger charge is 2.27. The summed E-state index contributed by atoms with van der Waals surface area (Å²) in [6.07, 6.45) is 0. The molecular formula is C7H14N2O2S. The summed E-state index contributed by atoms with van der Waals surface area (Å²) in [6, 6.07) is 1.61. The van der Waals surface area contributed by atoms with Gasteiger partial charge in [0.15, 0.2) is 5.25 Å². The van der Waals surface area contributed by atoms with E-state index in [4.69, 9.17) is 5.26 Å². The van der Waals surface area contributed by atoms with Crippen molar-refractivity contribution in [3.63, 3.8) is 0 Å². The minimum absolute atomic E-state index is 0.106. The number of rotatable bonds is 3. The molecule has 0 bridgehead atoms. The Bertz CT molecular complexity index is 276. The zero-order chi connectivity index (χ0) is 9.94. The van der Waals surface area contributed by atoms with E-state index in [1.54, 1.807) is 19.9 Å². The van der Waals surface area contributed by atoms with Crippen LogP contribution in [0.15, 0.2) is 0 Å². The van der Waals surface area contributed by atoms with E-state index in [0.29, 0.717) is 0 Å². The Morgan fingerprint density at radius 2 is 1.75 bits per heavy atom. The Balaban J connectivity index is 4.78. The summed E-state index contributed by atoms with van der Waals surface area (Å²) in [5.41, 5.74) is 0. The van der Waals surface area contributed by atoms with E-state index in [9.17, 15) is 8.42 Å².